The number of benzene rings is 1. The van der Waals surface area contributed by atoms with Crippen LogP contribution in [-0.4, -0.2) is 231 Å². The number of Topliss-reactive ketones (excluding diaryl/α,β-unsaturated/α-hetero) is 3. The Balaban J connectivity index is 2.35. The van der Waals surface area contributed by atoms with E-state index < -0.39 is 182 Å². The van der Waals surface area contributed by atoms with Crippen LogP contribution in [0, 0.1) is 65.0 Å². The van der Waals surface area contributed by atoms with Crippen molar-refractivity contribution in [3.05, 3.63) is 23.8 Å². The van der Waals surface area contributed by atoms with Crippen molar-refractivity contribution in [2.24, 2.45) is 59.2 Å². The Bertz CT molecular complexity index is 3220. The lowest BCUT2D eigenvalue weighted by molar-refractivity contribution is -0.157. The fraction of sp³-hybridized carbons (Fsp3) is 0.739. The van der Waals surface area contributed by atoms with Gasteiger partial charge < -0.3 is 49.7 Å². The molecule has 8 amide bonds. The fourth-order valence-electron chi connectivity index (χ4n) is 12.8. The first-order chi connectivity index (χ1) is 44.2. The first-order valence-corrected chi connectivity index (χ1v) is 35.2. The third-order valence-corrected chi connectivity index (χ3v) is 19.5. The van der Waals surface area contributed by atoms with Gasteiger partial charge >= 0.3 is 0 Å². The minimum absolute atomic E-state index is 0.0184. The van der Waals surface area contributed by atoms with Crippen LogP contribution in [-0.2, 0) is 69.3 Å². The second kappa shape index (κ2) is 35.7. The highest BCUT2D eigenvalue weighted by molar-refractivity contribution is 7.85. The van der Waals surface area contributed by atoms with Crippen molar-refractivity contribution >= 4 is 85.8 Å². The number of halogens is 1. The maximum absolute atomic E-state index is 15.5. The topological polar surface area (TPSA) is 326 Å². The number of carbonyl (C=O) groups excluding carboxylic acids is 11. The molecule has 4 N–H and O–H groups in total. The van der Waals surface area contributed by atoms with E-state index in [1.54, 1.807) is 34.6 Å². The first-order valence-electron chi connectivity index (χ1n) is 33.8. The summed E-state index contributed by atoms with van der Waals surface area (Å²) in [6, 6.07) is -7.33. The van der Waals surface area contributed by atoms with Gasteiger partial charge in [-0.1, -0.05) is 104 Å². The number of aromatic amines is 1. The molecule has 96 heavy (non-hydrogen) atoms. The van der Waals surface area contributed by atoms with E-state index in [9.17, 15) is 51.6 Å². The zero-order chi connectivity index (χ0) is 73.8. The van der Waals surface area contributed by atoms with E-state index in [1.165, 1.54) is 94.6 Å². The summed E-state index contributed by atoms with van der Waals surface area (Å²) < 4.78 is 49.0. The molecule has 27 heteroatoms. The molecule has 1 fully saturated rings. The van der Waals surface area contributed by atoms with E-state index in [4.69, 9.17) is 0 Å². The molecule has 0 bridgehead atoms. The number of H-pyrrole nitrogens is 1. The summed E-state index contributed by atoms with van der Waals surface area (Å²) >= 11 is 0. The van der Waals surface area contributed by atoms with E-state index in [-0.39, 0.29) is 91.9 Å². The van der Waals surface area contributed by atoms with Crippen molar-refractivity contribution in [2.75, 3.05) is 55.9 Å². The lowest BCUT2D eigenvalue weighted by Gasteiger charge is -2.41. The number of likely N-dealkylation sites (N-methyl/N-ethyl adjacent to an activating group) is 7. The Labute approximate surface area is 568 Å². The Kier molecular flexibility index (Phi) is 31.0. The number of carbonyl (C=O) groups is 11. The number of aliphatic hydroxyl groups is 1. The van der Waals surface area contributed by atoms with Gasteiger partial charge in [0, 0.05) is 92.8 Å². The van der Waals surface area contributed by atoms with Gasteiger partial charge in [-0.15, -0.1) is 0 Å². The van der Waals surface area contributed by atoms with Crippen molar-refractivity contribution in [3.63, 3.8) is 0 Å². The van der Waals surface area contributed by atoms with Gasteiger partial charge in [-0.05, 0) is 92.6 Å². The second-order valence-electron chi connectivity index (χ2n) is 29.4. The van der Waals surface area contributed by atoms with E-state index in [0.717, 1.165) is 15.9 Å². The number of hydrogen-bond donors (Lipinski definition) is 4. The number of imidazole rings is 1. The minimum atomic E-state index is -4.85. The van der Waals surface area contributed by atoms with Crippen LogP contribution >= 0.6 is 0 Å². The average Bonchev–Trinajstić information content (AvgIpc) is 1.48. The van der Waals surface area contributed by atoms with Crippen LogP contribution in [0.4, 0.5) is 4.39 Å². The van der Waals surface area contributed by atoms with Crippen LogP contribution in [0.3, 0.4) is 0 Å². The van der Waals surface area contributed by atoms with E-state index >= 15 is 23.6 Å². The van der Waals surface area contributed by atoms with Crippen LogP contribution in [0.5, 0.6) is 0 Å². The molecule has 1 saturated heterocycles. The van der Waals surface area contributed by atoms with Crippen LogP contribution in [0.1, 0.15) is 168 Å². The molecule has 0 saturated carbocycles. The lowest BCUT2D eigenvalue weighted by atomic mass is 9.84. The molecule has 542 valence electrons. The van der Waals surface area contributed by atoms with Gasteiger partial charge in [0.05, 0.1) is 35.1 Å². The molecule has 0 unspecified atom stereocenters. The Hall–Kier alpha value is -6.74. The lowest BCUT2D eigenvalue weighted by Crippen LogP contribution is -2.62. The molecule has 0 spiro atoms. The maximum Gasteiger partial charge on any atom is 0.294 e. The largest absolute Gasteiger partial charge is 0.390 e. The highest BCUT2D eigenvalue weighted by Gasteiger charge is 2.46. The molecule has 3 rings (SSSR count). The van der Waals surface area contributed by atoms with Gasteiger partial charge in [-0.3, -0.25) is 57.3 Å². The summed E-state index contributed by atoms with van der Waals surface area (Å²) in [6.07, 6.45) is -2.64. The van der Waals surface area contributed by atoms with Crippen molar-refractivity contribution in [2.45, 2.75) is 222 Å². The molecular weight excluding hydrogens is 1260 g/mol. The smallest absolute Gasteiger partial charge is 0.294 e. The quantitative estimate of drug-likeness (QED) is 0.138. The number of aliphatic hydroxyl groups excluding tert-OH is 1. The summed E-state index contributed by atoms with van der Waals surface area (Å²) in [6.45, 7) is 27.3. The van der Waals surface area contributed by atoms with E-state index in [0.29, 0.717) is 6.07 Å². The van der Waals surface area contributed by atoms with Gasteiger partial charge in [0.15, 0.2) is 23.2 Å². The summed E-state index contributed by atoms with van der Waals surface area (Å²) in [7, 11) is 4.93. The zero-order valence-electron chi connectivity index (χ0n) is 61.2. The summed E-state index contributed by atoms with van der Waals surface area (Å²) in [5, 5.41) is 15.3. The van der Waals surface area contributed by atoms with E-state index in [2.05, 4.69) is 15.3 Å². The predicted molar refractivity (Wildman–Crippen MR) is 362 cm³/mol. The monoisotopic (exact) mass is 1370 g/mol. The highest BCUT2D eigenvalue weighted by Crippen LogP contribution is 2.30. The molecule has 0 aliphatic carbocycles. The van der Waals surface area contributed by atoms with Gasteiger partial charge in [0.1, 0.15) is 41.6 Å². The number of nitrogens with one attached hydrogen (secondary N) is 2. The van der Waals surface area contributed by atoms with E-state index in [1.807, 2.05) is 55.4 Å². The molecule has 25 nitrogen and oxygen atoms in total. The number of rotatable bonds is 16. The first kappa shape index (κ1) is 83.5. The van der Waals surface area contributed by atoms with Crippen LogP contribution < -0.4 is 5.32 Å². The van der Waals surface area contributed by atoms with Crippen molar-refractivity contribution in [1.82, 2.24) is 49.6 Å². The Morgan fingerprint density at radius 2 is 1.02 bits per heavy atom. The summed E-state index contributed by atoms with van der Waals surface area (Å²) in [5.41, 5.74) is -0.410. The molecule has 12 atom stereocenters. The summed E-state index contributed by atoms with van der Waals surface area (Å²) in [4.78, 5) is 177. The Morgan fingerprint density at radius 1 is 0.562 bits per heavy atom. The maximum atomic E-state index is 15.5. The van der Waals surface area contributed by atoms with Crippen LogP contribution in [0.2, 0.25) is 0 Å². The predicted octanol–water partition coefficient (Wildman–Crippen LogP) is 6.08. The van der Waals surface area contributed by atoms with Crippen LogP contribution in [0.15, 0.2) is 17.0 Å². The SMILES string of the molecule is CC[C@@H]1CC(=O)[C@H]([C@H](O)[C@H](C)Cc2nc3c(F)cc(S(=O)(=O)O)cc3[nH]2)N(C)C(=O)[C@H](C(C)C)N(C)C(=O)[C@H](CC(C)C)N(C)C(=O)[C@H](CC(C)C)N(C)C(=O)[C@@H](C)NC(=O)[C@H](C)CC(=O)[C@H](CC(C)C)N(C)C(=O)[C@H](C(C)C)CC(=O)[C@H](CC(C)C)N(C)C(=O)CN(C)C1=O. The molecule has 1 aliphatic heterocycles. The molecule has 0 radical (unpaired) electrons. The second-order valence-corrected chi connectivity index (χ2v) is 30.8. The third kappa shape index (κ3) is 21.6. The highest BCUT2D eigenvalue weighted by atomic mass is 32.2. The van der Waals surface area contributed by atoms with Crippen LogP contribution in [0.25, 0.3) is 11.0 Å². The number of nitrogens with zero attached hydrogens (tertiary/aromatic N) is 8. The number of amides is 8. The number of aromatic nitrogens is 2. The Morgan fingerprint density at radius 3 is 1.50 bits per heavy atom. The molecule has 2 aromatic rings. The van der Waals surface area contributed by atoms with Gasteiger partial charge in [0.25, 0.3) is 10.1 Å². The molecular formula is C69H113FN10O15S. The van der Waals surface area contributed by atoms with Gasteiger partial charge in [-0.25, -0.2) is 9.37 Å². The number of fused-ring (bicyclic) bond motifs is 1. The normalized spacial score (nSPS) is 25.6. The van der Waals surface area contributed by atoms with Gasteiger partial charge in [-0.2, -0.15) is 8.42 Å². The number of ketones is 3. The van der Waals surface area contributed by atoms with Crippen molar-refractivity contribution in [1.29, 1.82) is 0 Å². The average molecular weight is 1370 g/mol. The summed E-state index contributed by atoms with van der Waals surface area (Å²) in [5.74, 6) is -13.9. The zero-order valence-corrected chi connectivity index (χ0v) is 62.0. The minimum Gasteiger partial charge on any atom is -0.390 e. The molecule has 1 aliphatic rings. The fourth-order valence-corrected chi connectivity index (χ4v) is 13.3. The molecule has 1 aromatic heterocycles. The number of hydrogen-bond acceptors (Lipinski definition) is 15. The molecule has 1 aromatic carbocycles. The third-order valence-electron chi connectivity index (χ3n) is 18.7. The standard InChI is InChI=1S/C69H113FN10O15S/c1-24-45-31-56(83)61(62(85)42(14)30-57-72-49-33-46(96(93,94)95)32-48(70)59(49)73-57)80(23)69(92)60(41(12)13)79(22)68(91)53(28-39(8)9)78(21)67(90)52(27-38(6)7)77(20)64(87)44(16)71-63(86)43(15)29-54(81)51(26-37(4)5)76(19)66(89)47(40(10)11)34-55(82)50(25-36(2)3)75(18)58(84)35-74(17)65(45)88/h32-33,36-45,47,50-53,60-62,85H,24-31,34-35H2,1-23H3,(H,71,86)(H,72,73)(H,93,94,95)/t42-,43-,44-,45-,47+,50+,51+,52+,53+,60+,61-,62-/m1/s1. The van der Waals surface area contributed by atoms with Crippen molar-refractivity contribution < 1.29 is 75.2 Å². The molecule has 2 heterocycles. The van der Waals surface area contributed by atoms with Crippen molar-refractivity contribution in [3.8, 4) is 0 Å². The van der Waals surface area contributed by atoms with Gasteiger partial charge in [0.2, 0.25) is 47.3 Å².